The number of halogens is 1. The van der Waals surface area contributed by atoms with Gasteiger partial charge in [-0.1, -0.05) is 41.9 Å². The molecule has 5 heteroatoms. The van der Waals surface area contributed by atoms with Crippen LogP contribution in [0.4, 0.5) is 5.69 Å². The molecular weight excluding hydrogens is 272 g/mol. The molecule has 0 atom stereocenters. The maximum atomic E-state index is 6.03. The number of hydrogen-bond donors (Lipinski definition) is 1. The third-order valence-corrected chi connectivity index (χ3v) is 3.28. The molecule has 0 aliphatic carbocycles. The molecule has 4 nitrogen and oxygen atoms in total. The van der Waals surface area contributed by atoms with E-state index in [4.69, 9.17) is 11.6 Å². The fourth-order valence-electron chi connectivity index (χ4n) is 2.09. The monoisotopic (exact) mass is 284 g/mol. The summed E-state index contributed by atoms with van der Waals surface area (Å²) in [6.07, 6.45) is 0. The molecule has 1 N–H and O–H groups in total. The first-order valence-electron chi connectivity index (χ1n) is 6.27. The summed E-state index contributed by atoms with van der Waals surface area (Å²) < 4.78 is 0. The van der Waals surface area contributed by atoms with Gasteiger partial charge in [0.15, 0.2) is 0 Å². The van der Waals surface area contributed by atoms with Gasteiger partial charge < -0.3 is 5.32 Å². The van der Waals surface area contributed by atoms with Gasteiger partial charge in [-0.15, -0.1) is 0 Å². The highest BCUT2D eigenvalue weighted by Gasteiger charge is 2.18. The molecular formula is C15H13ClN4. The number of aromatic nitrogens is 1. The SMILES string of the molecule is CN=C1CN=C(c2ccccc2)c2nc(Cl)ccc2N1. The molecule has 3 rings (SSSR count). The van der Waals surface area contributed by atoms with Gasteiger partial charge in [-0.05, 0) is 12.1 Å². The van der Waals surface area contributed by atoms with Crippen LogP contribution in [0, 0.1) is 0 Å². The van der Waals surface area contributed by atoms with E-state index in [2.05, 4.69) is 20.3 Å². The first kappa shape index (κ1) is 12.8. The molecule has 100 valence electrons. The van der Waals surface area contributed by atoms with Crippen LogP contribution in [0.5, 0.6) is 0 Å². The number of nitrogens with zero attached hydrogens (tertiary/aromatic N) is 3. The van der Waals surface area contributed by atoms with Gasteiger partial charge in [0.05, 0.1) is 17.9 Å². The maximum Gasteiger partial charge on any atom is 0.130 e. The predicted molar refractivity (Wildman–Crippen MR) is 83.2 cm³/mol. The van der Waals surface area contributed by atoms with Crippen molar-refractivity contribution >= 4 is 28.8 Å². The highest BCUT2D eigenvalue weighted by molar-refractivity contribution is 6.30. The van der Waals surface area contributed by atoms with Crippen molar-refractivity contribution in [1.82, 2.24) is 4.98 Å². The van der Waals surface area contributed by atoms with Crippen molar-refractivity contribution in [3.63, 3.8) is 0 Å². The second-order valence-corrected chi connectivity index (χ2v) is 4.74. The number of nitrogens with one attached hydrogen (secondary N) is 1. The zero-order chi connectivity index (χ0) is 13.9. The molecule has 0 saturated heterocycles. The maximum absolute atomic E-state index is 6.03. The first-order chi connectivity index (χ1) is 9.78. The van der Waals surface area contributed by atoms with Crippen LogP contribution in [-0.4, -0.2) is 30.1 Å². The summed E-state index contributed by atoms with van der Waals surface area (Å²) in [5, 5.41) is 3.70. The number of rotatable bonds is 1. The Bertz CT molecular complexity index is 692. The average Bonchev–Trinajstić information content (AvgIpc) is 2.67. The number of fused-ring (bicyclic) bond motifs is 1. The minimum atomic E-state index is 0.450. The molecule has 0 saturated carbocycles. The van der Waals surface area contributed by atoms with Gasteiger partial charge in [-0.3, -0.25) is 9.98 Å². The van der Waals surface area contributed by atoms with Gasteiger partial charge in [0, 0.05) is 12.6 Å². The van der Waals surface area contributed by atoms with Crippen LogP contribution in [0.1, 0.15) is 11.3 Å². The molecule has 1 aromatic carbocycles. The lowest BCUT2D eigenvalue weighted by Gasteiger charge is -2.09. The largest absolute Gasteiger partial charge is 0.341 e. The minimum Gasteiger partial charge on any atom is -0.341 e. The lowest BCUT2D eigenvalue weighted by atomic mass is 10.1. The van der Waals surface area contributed by atoms with E-state index in [0.717, 1.165) is 28.5 Å². The second-order valence-electron chi connectivity index (χ2n) is 4.36. The van der Waals surface area contributed by atoms with Crippen LogP contribution in [0.25, 0.3) is 0 Å². The van der Waals surface area contributed by atoms with Crippen LogP contribution in [-0.2, 0) is 0 Å². The Labute approximate surface area is 122 Å². The van der Waals surface area contributed by atoms with Gasteiger partial charge in [0.2, 0.25) is 0 Å². The third kappa shape index (κ3) is 2.42. The molecule has 1 aliphatic rings. The van der Waals surface area contributed by atoms with E-state index in [1.54, 1.807) is 13.1 Å². The van der Waals surface area contributed by atoms with Gasteiger partial charge in [0.25, 0.3) is 0 Å². The van der Waals surface area contributed by atoms with Gasteiger partial charge in [-0.25, -0.2) is 4.98 Å². The van der Waals surface area contributed by atoms with Crippen molar-refractivity contribution in [3.05, 3.63) is 58.9 Å². The zero-order valence-electron chi connectivity index (χ0n) is 11.0. The number of benzene rings is 1. The number of amidine groups is 1. The molecule has 1 aliphatic heterocycles. The van der Waals surface area contributed by atoms with Gasteiger partial charge in [0.1, 0.15) is 16.7 Å². The summed E-state index contributed by atoms with van der Waals surface area (Å²) in [5.41, 5.74) is 3.47. The van der Waals surface area contributed by atoms with Crippen molar-refractivity contribution in [1.29, 1.82) is 0 Å². The average molecular weight is 285 g/mol. The summed E-state index contributed by atoms with van der Waals surface area (Å²) in [4.78, 5) is 13.2. The second kappa shape index (κ2) is 5.43. The molecule has 0 spiro atoms. The van der Waals surface area contributed by atoms with Crippen molar-refractivity contribution in [3.8, 4) is 0 Å². The summed E-state index contributed by atoms with van der Waals surface area (Å²) in [5.74, 6) is 0.807. The van der Waals surface area contributed by atoms with Crippen molar-refractivity contribution < 1.29 is 0 Å². The lowest BCUT2D eigenvalue weighted by molar-refractivity contribution is 1.25. The summed E-state index contributed by atoms with van der Waals surface area (Å²) in [7, 11) is 1.74. The molecule has 0 radical (unpaired) electrons. The van der Waals surface area contributed by atoms with Crippen LogP contribution in [0.2, 0.25) is 5.15 Å². The number of hydrogen-bond acceptors (Lipinski definition) is 3. The van der Waals surface area contributed by atoms with E-state index >= 15 is 0 Å². The Hall–Kier alpha value is -2.20. The van der Waals surface area contributed by atoms with Crippen LogP contribution in [0.15, 0.2) is 52.4 Å². The Kier molecular flexibility index (Phi) is 3.48. The van der Waals surface area contributed by atoms with Gasteiger partial charge in [-0.2, -0.15) is 0 Å². The Morgan fingerprint density at radius 3 is 2.70 bits per heavy atom. The Balaban J connectivity index is 2.19. The Morgan fingerprint density at radius 2 is 1.95 bits per heavy atom. The van der Waals surface area contributed by atoms with E-state index < -0.39 is 0 Å². The number of aliphatic imine (C=N–C) groups is 2. The molecule has 2 heterocycles. The van der Waals surface area contributed by atoms with Crippen molar-refractivity contribution in [2.45, 2.75) is 0 Å². The highest BCUT2D eigenvalue weighted by Crippen LogP contribution is 2.23. The predicted octanol–water partition coefficient (Wildman–Crippen LogP) is 3.03. The lowest BCUT2D eigenvalue weighted by Crippen LogP contribution is -2.14. The topological polar surface area (TPSA) is 49.6 Å². The quantitative estimate of drug-likeness (QED) is 0.818. The molecule has 1 aromatic heterocycles. The summed E-state index contributed by atoms with van der Waals surface area (Å²) in [6.45, 7) is 0.495. The van der Waals surface area contributed by atoms with Crippen molar-refractivity contribution in [2.24, 2.45) is 9.98 Å². The molecule has 0 unspecified atom stereocenters. The van der Waals surface area contributed by atoms with E-state index in [-0.39, 0.29) is 0 Å². The van der Waals surface area contributed by atoms with E-state index in [1.807, 2.05) is 36.4 Å². The van der Waals surface area contributed by atoms with Crippen LogP contribution in [0.3, 0.4) is 0 Å². The summed E-state index contributed by atoms with van der Waals surface area (Å²) in [6, 6.07) is 13.6. The van der Waals surface area contributed by atoms with Crippen molar-refractivity contribution in [2.75, 3.05) is 18.9 Å². The van der Waals surface area contributed by atoms with Gasteiger partial charge >= 0.3 is 0 Å². The molecule has 20 heavy (non-hydrogen) atoms. The zero-order valence-corrected chi connectivity index (χ0v) is 11.7. The van der Waals surface area contributed by atoms with E-state index in [1.165, 1.54) is 0 Å². The van der Waals surface area contributed by atoms with E-state index in [9.17, 15) is 0 Å². The minimum absolute atomic E-state index is 0.450. The highest BCUT2D eigenvalue weighted by atomic mass is 35.5. The summed E-state index contributed by atoms with van der Waals surface area (Å²) >= 11 is 6.03. The fraction of sp³-hybridized carbons (Fsp3) is 0.133. The Morgan fingerprint density at radius 1 is 1.15 bits per heavy atom. The molecule has 2 aromatic rings. The normalized spacial score (nSPS) is 16.1. The standard InChI is InChI=1S/C15H13ClN4/c1-17-13-9-18-14(10-5-3-2-4-6-10)15-11(19-13)7-8-12(16)20-15/h2-8H,9H2,1H3,(H,17,19). The molecule has 0 bridgehead atoms. The smallest absolute Gasteiger partial charge is 0.130 e. The fourth-order valence-corrected chi connectivity index (χ4v) is 2.24. The molecule has 0 fully saturated rings. The van der Waals surface area contributed by atoms with E-state index in [0.29, 0.717) is 11.7 Å². The third-order valence-electron chi connectivity index (χ3n) is 3.07. The number of pyridine rings is 1. The molecule has 0 amide bonds. The first-order valence-corrected chi connectivity index (χ1v) is 6.65. The number of anilines is 1. The van der Waals surface area contributed by atoms with Crippen LogP contribution < -0.4 is 5.32 Å². The van der Waals surface area contributed by atoms with Crippen LogP contribution >= 0.6 is 11.6 Å².